The van der Waals surface area contributed by atoms with E-state index in [-0.39, 0.29) is 27.4 Å². The first kappa shape index (κ1) is 26.5. The fraction of sp³-hybridized carbons (Fsp3) is 0.636. The summed E-state index contributed by atoms with van der Waals surface area (Å²) in [5.74, 6) is -0.274. The maximum absolute atomic E-state index is 13.0. The molecule has 30 heavy (non-hydrogen) atoms. The molecule has 0 heterocycles. The Morgan fingerprint density at radius 1 is 1.07 bits per heavy atom. The van der Waals surface area contributed by atoms with E-state index >= 15 is 0 Å². The summed E-state index contributed by atoms with van der Waals surface area (Å²) < 4.78 is 39.1. The van der Waals surface area contributed by atoms with Gasteiger partial charge in [0.05, 0.1) is 5.56 Å². The number of alkyl halides is 3. The number of hydrogen-bond donors (Lipinski definition) is 2. The second kappa shape index (κ2) is 11.7. The number of amides is 2. The van der Waals surface area contributed by atoms with Crippen LogP contribution in [-0.4, -0.2) is 23.9 Å². The topological polar surface area (TPSA) is 58.2 Å². The van der Waals surface area contributed by atoms with Crippen LogP contribution in [-0.2, 0) is 11.0 Å². The quantitative estimate of drug-likeness (QED) is 0.388. The van der Waals surface area contributed by atoms with E-state index in [0.29, 0.717) is 13.0 Å². The molecule has 1 aromatic carbocycles. The normalized spacial score (nSPS) is 13.1. The van der Waals surface area contributed by atoms with Crippen LogP contribution >= 0.6 is 15.9 Å². The molecule has 0 saturated carbocycles. The Bertz CT molecular complexity index is 715. The van der Waals surface area contributed by atoms with E-state index in [4.69, 9.17) is 0 Å². The molecular formula is C22H32BrF3N2O2. The second-order valence-electron chi connectivity index (χ2n) is 8.64. The molecule has 2 amide bonds. The number of rotatable bonds is 10. The summed E-state index contributed by atoms with van der Waals surface area (Å²) in [4.78, 5) is 24.3. The molecule has 1 atom stereocenters. The Hall–Kier alpha value is -1.57. The van der Waals surface area contributed by atoms with Crippen molar-refractivity contribution >= 4 is 27.7 Å². The predicted octanol–water partition coefficient (Wildman–Crippen LogP) is 6.09. The summed E-state index contributed by atoms with van der Waals surface area (Å²) >= 11 is 3.04. The smallest absolute Gasteiger partial charge is 0.352 e. The van der Waals surface area contributed by atoms with Gasteiger partial charge in [0.1, 0.15) is 0 Å². The number of carbonyl (C=O) groups is 2. The van der Waals surface area contributed by atoms with Gasteiger partial charge in [0.2, 0.25) is 5.91 Å². The largest absolute Gasteiger partial charge is 0.416 e. The number of hydrogen-bond acceptors (Lipinski definition) is 2. The van der Waals surface area contributed by atoms with Gasteiger partial charge in [-0.2, -0.15) is 13.2 Å². The van der Waals surface area contributed by atoms with Crippen LogP contribution in [0.1, 0.15) is 82.1 Å². The zero-order valence-corrected chi connectivity index (χ0v) is 19.7. The van der Waals surface area contributed by atoms with Crippen molar-refractivity contribution in [3.63, 3.8) is 0 Å². The summed E-state index contributed by atoms with van der Waals surface area (Å²) in [6, 6.07) is 3.20. The highest BCUT2D eigenvalue weighted by molar-refractivity contribution is 9.10. The molecule has 0 fully saturated rings. The maximum atomic E-state index is 13.0. The van der Waals surface area contributed by atoms with Crippen molar-refractivity contribution < 1.29 is 22.8 Å². The summed E-state index contributed by atoms with van der Waals surface area (Å²) in [5, 5.41) is 5.69. The number of benzene rings is 1. The Kier molecular flexibility index (Phi) is 10.3. The third kappa shape index (κ3) is 10.5. The molecular weight excluding hydrogens is 461 g/mol. The average molecular weight is 493 g/mol. The summed E-state index contributed by atoms with van der Waals surface area (Å²) in [6.45, 7) is 8.26. The number of unbranched alkanes of at least 4 members (excludes halogenated alkanes) is 1. The standard InChI is InChI=1S/C22H32BrF3N2O2/c1-5-8-15(9-6-7-10-19(29)28-21(2,3)4)14-27-20(30)16-11-17(22(24,25)26)13-18(23)12-16/h11-13,15H,5-10,14H2,1-4H3,(H,27,30)(H,28,29). The Labute approximate surface area is 185 Å². The SMILES string of the molecule is CCCC(CCCCC(=O)NC(C)(C)C)CNC(=O)c1cc(Br)cc(C(F)(F)F)c1. The van der Waals surface area contributed by atoms with Gasteiger partial charge in [0.25, 0.3) is 5.91 Å². The van der Waals surface area contributed by atoms with Gasteiger partial charge in [0, 0.05) is 28.5 Å². The molecule has 4 nitrogen and oxygen atoms in total. The van der Waals surface area contributed by atoms with Crippen LogP contribution in [0.4, 0.5) is 13.2 Å². The van der Waals surface area contributed by atoms with E-state index in [1.54, 1.807) is 0 Å². The van der Waals surface area contributed by atoms with Gasteiger partial charge in [-0.15, -0.1) is 0 Å². The van der Waals surface area contributed by atoms with Crippen molar-refractivity contribution in [1.29, 1.82) is 0 Å². The van der Waals surface area contributed by atoms with Gasteiger partial charge in [0.15, 0.2) is 0 Å². The van der Waals surface area contributed by atoms with Crippen molar-refractivity contribution in [3.05, 3.63) is 33.8 Å². The van der Waals surface area contributed by atoms with Crippen LogP contribution in [0.3, 0.4) is 0 Å². The summed E-state index contributed by atoms with van der Waals surface area (Å²) in [5.41, 5.74) is -1.13. The molecule has 0 aromatic heterocycles. The van der Waals surface area contributed by atoms with Crippen molar-refractivity contribution in [1.82, 2.24) is 10.6 Å². The highest BCUT2D eigenvalue weighted by Gasteiger charge is 2.31. The zero-order valence-electron chi connectivity index (χ0n) is 18.1. The van der Waals surface area contributed by atoms with Crippen LogP contribution in [0.2, 0.25) is 0 Å². The molecule has 0 aliphatic carbocycles. The first-order valence-corrected chi connectivity index (χ1v) is 11.1. The first-order valence-electron chi connectivity index (χ1n) is 10.3. The van der Waals surface area contributed by atoms with Crippen molar-refractivity contribution in [2.75, 3.05) is 6.54 Å². The first-order chi connectivity index (χ1) is 13.8. The molecule has 0 spiro atoms. The fourth-order valence-electron chi connectivity index (χ4n) is 3.18. The Balaban J connectivity index is 2.55. The van der Waals surface area contributed by atoms with Gasteiger partial charge in [-0.3, -0.25) is 9.59 Å². The molecule has 1 aromatic rings. The molecule has 170 valence electrons. The number of nitrogens with one attached hydrogen (secondary N) is 2. The minimum absolute atomic E-state index is 0.0224. The van der Waals surface area contributed by atoms with Gasteiger partial charge in [-0.05, 0) is 64.2 Å². The molecule has 1 rings (SSSR count). The van der Waals surface area contributed by atoms with Crippen molar-refractivity contribution in [3.8, 4) is 0 Å². The van der Waals surface area contributed by atoms with Crippen LogP contribution in [0, 0.1) is 5.92 Å². The lowest BCUT2D eigenvalue weighted by atomic mass is 9.96. The molecule has 0 radical (unpaired) electrons. The second-order valence-corrected chi connectivity index (χ2v) is 9.55. The van der Waals surface area contributed by atoms with Crippen molar-refractivity contribution in [2.45, 2.75) is 77.9 Å². The molecule has 8 heteroatoms. The highest BCUT2D eigenvalue weighted by atomic mass is 79.9. The monoisotopic (exact) mass is 492 g/mol. The lowest BCUT2D eigenvalue weighted by molar-refractivity contribution is -0.137. The summed E-state index contributed by atoms with van der Waals surface area (Å²) in [7, 11) is 0. The lowest BCUT2D eigenvalue weighted by Gasteiger charge is -2.21. The van der Waals surface area contributed by atoms with Gasteiger partial charge >= 0.3 is 6.18 Å². The molecule has 0 saturated heterocycles. The molecule has 1 unspecified atom stereocenters. The third-order valence-corrected chi connectivity index (χ3v) is 4.97. The molecule has 2 N–H and O–H groups in total. The van der Waals surface area contributed by atoms with E-state index < -0.39 is 17.6 Å². The minimum Gasteiger partial charge on any atom is -0.352 e. The fourth-order valence-corrected chi connectivity index (χ4v) is 3.67. The average Bonchev–Trinajstić information content (AvgIpc) is 2.60. The van der Waals surface area contributed by atoms with E-state index in [2.05, 4.69) is 33.5 Å². The van der Waals surface area contributed by atoms with Crippen molar-refractivity contribution in [2.24, 2.45) is 5.92 Å². The van der Waals surface area contributed by atoms with Gasteiger partial charge < -0.3 is 10.6 Å². The van der Waals surface area contributed by atoms with Crippen LogP contribution < -0.4 is 10.6 Å². The molecule has 0 aliphatic rings. The lowest BCUT2D eigenvalue weighted by Crippen LogP contribution is -2.40. The van der Waals surface area contributed by atoms with E-state index in [0.717, 1.165) is 44.2 Å². The minimum atomic E-state index is -4.51. The third-order valence-electron chi connectivity index (χ3n) is 4.52. The molecule has 0 aliphatic heterocycles. The van der Waals surface area contributed by atoms with Gasteiger partial charge in [-0.1, -0.05) is 35.7 Å². The Morgan fingerprint density at radius 2 is 1.73 bits per heavy atom. The van der Waals surface area contributed by atoms with E-state index in [1.807, 2.05) is 20.8 Å². The van der Waals surface area contributed by atoms with E-state index in [1.165, 1.54) is 6.07 Å². The zero-order chi connectivity index (χ0) is 22.9. The summed E-state index contributed by atoms with van der Waals surface area (Å²) in [6.07, 6.45) is 0.261. The Morgan fingerprint density at radius 3 is 2.30 bits per heavy atom. The highest BCUT2D eigenvalue weighted by Crippen LogP contribution is 2.32. The maximum Gasteiger partial charge on any atom is 0.416 e. The van der Waals surface area contributed by atoms with E-state index in [9.17, 15) is 22.8 Å². The number of carbonyl (C=O) groups excluding carboxylic acids is 2. The van der Waals surface area contributed by atoms with Crippen LogP contribution in [0.15, 0.2) is 22.7 Å². The van der Waals surface area contributed by atoms with Crippen LogP contribution in [0.25, 0.3) is 0 Å². The van der Waals surface area contributed by atoms with Gasteiger partial charge in [-0.25, -0.2) is 0 Å². The predicted molar refractivity (Wildman–Crippen MR) is 116 cm³/mol. The van der Waals surface area contributed by atoms with Crippen LogP contribution in [0.5, 0.6) is 0 Å². The number of halogens is 4. The molecule has 0 bridgehead atoms.